The second-order valence-electron chi connectivity index (χ2n) is 2.78. The zero-order valence-electron chi connectivity index (χ0n) is 7.96. The first-order valence-electron chi connectivity index (χ1n) is 4.49. The molecule has 0 spiro atoms. The Morgan fingerprint density at radius 1 is 1.42 bits per heavy atom. The van der Waals surface area contributed by atoms with E-state index in [1.54, 1.807) is 0 Å². The standard InChI is InChI=1S/C10H19NO/c1-3-10(2)11-8-6-4-5-7-9-12/h4-6,8,10-12H,3,7,9H2,1-2H3/b5-4-,8-6-. The molecule has 2 N–H and O–H groups in total. The lowest BCUT2D eigenvalue weighted by atomic mass is 10.3. The number of rotatable bonds is 6. The van der Waals surface area contributed by atoms with E-state index in [1.807, 2.05) is 24.4 Å². The molecule has 2 nitrogen and oxygen atoms in total. The highest BCUT2D eigenvalue weighted by molar-refractivity contribution is 5.01. The number of hydrogen-bond donors (Lipinski definition) is 2. The molecule has 2 heteroatoms. The van der Waals surface area contributed by atoms with E-state index in [1.165, 1.54) is 0 Å². The minimum absolute atomic E-state index is 0.225. The van der Waals surface area contributed by atoms with Gasteiger partial charge in [0.05, 0.1) is 0 Å². The Balaban J connectivity index is 3.36. The van der Waals surface area contributed by atoms with Gasteiger partial charge in [0.15, 0.2) is 0 Å². The second kappa shape index (κ2) is 8.34. The maximum atomic E-state index is 8.46. The van der Waals surface area contributed by atoms with Crippen LogP contribution in [0.15, 0.2) is 24.4 Å². The number of nitrogens with one attached hydrogen (secondary N) is 1. The highest BCUT2D eigenvalue weighted by Crippen LogP contribution is 1.87. The van der Waals surface area contributed by atoms with Crippen LogP contribution in [0.1, 0.15) is 26.7 Å². The van der Waals surface area contributed by atoms with Gasteiger partial charge in [0.2, 0.25) is 0 Å². The van der Waals surface area contributed by atoms with Gasteiger partial charge in [-0.1, -0.05) is 19.1 Å². The number of allylic oxidation sites excluding steroid dienone is 2. The fraction of sp³-hybridized carbons (Fsp3) is 0.600. The Bertz CT molecular complexity index is 141. The molecule has 1 unspecified atom stereocenters. The Kier molecular flexibility index (Phi) is 7.81. The van der Waals surface area contributed by atoms with Crippen LogP contribution in [0.2, 0.25) is 0 Å². The minimum Gasteiger partial charge on any atom is -0.396 e. The molecule has 0 saturated heterocycles. The van der Waals surface area contributed by atoms with Gasteiger partial charge >= 0.3 is 0 Å². The zero-order chi connectivity index (χ0) is 9.23. The highest BCUT2D eigenvalue weighted by Gasteiger charge is 1.89. The normalized spacial score (nSPS) is 14.2. The third-order valence-corrected chi connectivity index (χ3v) is 1.63. The van der Waals surface area contributed by atoms with Gasteiger partial charge in [0.25, 0.3) is 0 Å². The summed E-state index contributed by atoms with van der Waals surface area (Å²) in [7, 11) is 0. The summed E-state index contributed by atoms with van der Waals surface area (Å²) < 4.78 is 0. The lowest BCUT2D eigenvalue weighted by Crippen LogP contribution is -2.18. The summed E-state index contributed by atoms with van der Waals surface area (Å²) in [6.07, 6.45) is 9.61. The molecule has 0 fully saturated rings. The van der Waals surface area contributed by atoms with Crippen LogP contribution in [-0.4, -0.2) is 17.8 Å². The summed E-state index contributed by atoms with van der Waals surface area (Å²) in [5.74, 6) is 0. The molecule has 0 aromatic heterocycles. The maximum absolute atomic E-state index is 8.46. The average molecular weight is 169 g/mol. The van der Waals surface area contributed by atoms with Crippen molar-refractivity contribution in [1.82, 2.24) is 5.32 Å². The van der Waals surface area contributed by atoms with Crippen molar-refractivity contribution in [2.75, 3.05) is 6.61 Å². The van der Waals surface area contributed by atoms with E-state index < -0.39 is 0 Å². The van der Waals surface area contributed by atoms with Gasteiger partial charge in [0, 0.05) is 12.6 Å². The topological polar surface area (TPSA) is 32.3 Å². The van der Waals surface area contributed by atoms with Crippen LogP contribution in [0, 0.1) is 0 Å². The molecule has 0 heterocycles. The van der Waals surface area contributed by atoms with Gasteiger partial charge < -0.3 is 10.4 Å². The number of aliphatic hydroxyl groups excluding tert-OH is 1. The lowest BCUT2D eigenvalue weighted by molar-refractivity contribution is 0.302. The first kappa shape index (κ1) is 11.2. The number of hydrogen-bond acceptors (Lipinski definition) is 2. The second-order valence-corrected chi connectivity index (χ2v) is 2.78. The molecule has 0 aromatic carbocycles. The van der Waals surface area contributed by atoms with E-state index >= 15 is 0 Å². The Hall–Kier alpha value is -0.760. The molecule has 0 aliphatic carbocycles. The molecule has 0 aromatic rings. The molecule has 0 aliphatic rings. The summed E-state index contributed by atoms with van der Waals surface area (Å²) in [5, 5.41) is 11.7. The van der Waals surface area contributed by atoms with Crippen LogP contribution in [0.4, 0.5) is 0 Å². The SMILES string of the molecule is CCC(C)N/C=C\C=C/CCO. The summed E-state index contributed by atoms with van der Waals surface area (Å²) >= 11 is 0. The maximum Gasteiger partial charge on any atom is 0.0465 e. The van der Waals surface area contributed by atoms with E-state index in [-0.39, 0.29) is 6.61 Å². The third kappa shape index (κ3) is 7.35. The molecule has 0 radical (unpaired) electrons. The predicted octanol–water partition coefficient (Wildman–Crippen LogP) is 1.83. The van der Waals surface area contributed by atoms with Crippen molar-refractivity contribution in [3.8, 4) is 0 Å². The molecule has 12 heavy (non-hydrogen) atoms. The summed E-state index contributed by atoms with van der Waals surface area (Å²) in [5.41, 5.74) is 0. The van der Waals surface area contributed by atoms with Crippen molar-refractivity contribution in [2.45, 2.75) is 32.7 Å². The third-order valence-electron chi connectivity index (χ3n) is 1.63. The summed E-state index contributed by atoms with van der Waals surface area (Å²) in [6, 6.07) is 0.535. The fourth-order valence-electron chi connectivity index (χ4n) is 0.643. The lowest BCUT2D eigenvalue weighted by Gasteiger charge is -2.06. The highest BCUT2D eigenvalue weighted by atomic mass is 16.2. The van der Waals surface area contributed by atoms with E-state index in [2.05, 4.69) is 19.2 Å². The fourth-order valence-corrected chi connectivity index (χ4v) is 0.643. The van der Waals surface area contributed by atoms with Crippen molar-refractivity contribution in [3.63, 3.8) is 0 Å². The predicted molar refractivity (Wildman–Crippen MR) is 52.9 cm³/mol. The van der Waals surface area contributed by atoms with Crippen LogP contribution in [0.3, 0.4) is 0 Å². The molecular formula is C10H19NO. The van der Waals surface area contributed by atoms with Gasteiger partial charge in [-0.05, 0) is 32.0 Å². The van der Waals surface area contributed by atoms with Crippen molar-refractivity contribution in [2.24, 2.45) is 0 Å². The van der Waals surface area contributed by atoms with Crippen molar-refractivity contribution in [3.05, 3.63) is 24.4 Å². The smallest absolute Gasteiger partial charge is 0.0465 e. The number of aliphatic hydroxyl groups is 1. The molecule has 0 aliphatic heterocycles. The van der Waals surface area contributed by atoms with Crippen LogP contribution >= 0.6 is 0 Å². The van der Waals surface area contributed by atoms with Crippen LogP contribution in [0.25, 0.3) is 0 Å². The molecular weight excluding hydrogens is 150 g/mol. The van der Waals surface area contributed by atoms with Gasteiger partial charge in [-0.25, -0.2) is 0 Å². The summed E-state index contributed by atoms with van der Waals surface area (Å²) in [4.78, 5) is 0. The molecule has 0 rings (SSSR count). The molecule has 70 valence electrons. The average Bonchev–Trinajstić information content (AvgIpc) is 2.10. The first-order chi connectivity index (χ1) is 5.81. The monoisotopic (exact) mass is 169 g/mol. The Morgan fingerprint density at radius 3 is 2.75 bits per heavy atom. The molecule has 0 bridgehead atoms. The Labute approximate surface area is 75.0 Å². The van der Waals surface area contributed by atoms with E-state index in [4.69, 9.17) is 5.11 Å². The van der Waals surface area contributed by atoms with E-state index in [0.717, 1.165) is 12.8 Å². The molecule has 0 amide bonds. The molecule has 0 saturated carbocycles. The van der Waals surface area contributed by atoms with Crippen LogP contribution < -0.4 is 5.32 Å². The van der Waals surface area contributed by atoms with Crippen LogP contribution in [0.5, 0.6) is 0 Å². The van der Waals surface area contributed by atoms with Crippen LogP contribution in [-0.2, 0) is 0 Å². The van der Waals surface area contributed by atoms with E-state index in [0.29, 0.717) is 6.04 Å². The van der Waals surface area contributed by atoms with Gasteiger partial charge in [0.1, 0.15) is 0 Å². The van der Waals surface area contributed by atoms with Gasteiger partial charge in [-0.3, -0.25) is 0 Å². The first-order valence-corrected chi connectivity index (χ1v) is 4.49. The largest absolute Gasteiger partial charge is 0.396 e. The van der Waals surface area contributed by atoms with Gasteiger partial charge in [-0.15, -0.1) is 0 Å². The zero-order valence-corrected chi connectivity index (χ0v) is 7.96. The summed E-state index contributed by atoms with van der Waals surface area (Å²) in [6.45, 7) is 4.51. The minimum atomic E-state index is 0.225. The van der Waals surface area contributed by atoms with Crippen molar-refractivity contribution < 1.29 is 5.11 Å². The molecule has 1 atom stereocenters. The van der Waals surface area contributed by atoms with E-state index in [9.17, 15) is 0 Å². The van der Waals surface area contributed by atoms with Crippen molar-refractivity contribution in [1.29, 1.82) is 0 Å². The quantitative estimate of drug-likeness (QED) is 0.594. The van der Waals surface area contributed by atoms with Crippen molar-refractivity contribution >= 4 is 0 Å². The van der Waals surface area contributed by atoms with Gasteiger partial charge in [-0.2, -0.15) is 0 Å². The Morgan fingerprint density at radius 2 is 2.17 bits per heavy atom.